The van der Waals surface area contributed by atoms with E-state index in [1.165, 1.54) is 0 Å². The first kappa shape index (κ1) is 18.2. The van der Waals surface area contributed by atoms with Gasteiger partial charge in [-0.3, -0.25) is 14.8 Å². The number of hydrogen-bond donors (Lipinski definition) is 1. The second-order valence-electron chi connectivity index (χ2n) is 6.22. The van der Waals surface area contributed by atoms with Gasteiger partial charge in [0.05, 0.1) is 29.4 Å². The lowest BCUT2D eigenvalue weighted by atomic mass is 9.97. The van der Waals surface area contributed by atoms with Crippen LogP contribution in [-0.2, 0) is 16.1 Å². The molecule has 1 aromatic carbocycles. The van der Waals surface area contributed by atoms with E-state index < -0.39 is 0 Å². The number of H-pyrrole nitrogens is 1. The number of nitrogens with zero attached hydrogens (tertiary/aromatic N) is 2. The van der Waals surface area contributed by atoms with Crippen LogP contribution in [0.2, 0.25) is 10.0 Å². The molecule has 0 unspecified atom stereocenters. The first-order valence-electron chi connectivity index (χ1n) is 8.45. The molecule has 0 amide bonds. The van der Waals surface area contributed by atoms with Crippen molar-refractivity contribution in [2.24, 2.45) is 5.92 Å². The highest BCUT2D eigenvalue weighted by Gasteiger charge is 2.27. The maximum absolute atomic E-state index is 12.0. The van der Waals surface area contributed by atoms with Gasteiger partial charge in [0, 0.05) is 29.2 Å². The third-order valence-electron chi connectivity index (χ3n) is 4.44. The van der Waals surface area contributed by atoms with E-state index >= 15 is 0 Å². The van der Waals surface area contributed by atoms with Crippen LogP contribution in [0.25, 0.3) is 11.3 Å². The minimum absolute atomic E-state index is 0.0526. The molecule has 2 heterocycles. The summed E-state index contributed by atoms with van der Waals surface area (Å²) >= 11 is 12.3. The van der Waals surface area contributed by atoms with E-state index in [-0.39, 0.29) is 11.9 Å². The van der Waals surface area contributed by atoms with Crippen molar-refractivity contribution in [3.63, 3.8) is 0 Å². The number of carbonyl (C=O) groups is 1. The quantitative estimate of drug-likeness (QED) is 0.789. The fourth-order valence-electron chi connectivity index (χ4n) is 3.25. The third kappa shape index (κ3) is 4.35. The van der Waals surface area contributed by atoms with E-state index in [9.17, 15) is 4.79 Å². The summed E-state index contributed by atoms with van der Waals surface area (Å²) in [6.07, 6.45) is 3.68. The number of aromatic amines is 1. The zero-order valence-electron chi connectivity index (χ0n) is 14.1. The standard InChI is InChI=1S/C18H21Cl2N3O2/c1-2-25-18(24)12-4-3-7-23(10-12)11-13-9-21-22-17(13)15-6-5-14(19)8-16(15)20/h5-6,8-9,12H,2-4,7,10-11H2,1H3,(H,21,22)/t12-/m0/s1. The largest absolute Gasteiger partial charge is 0.466 e. The minimum atomic E-state index is -0.0969. The molecule has 0 aliphatic carbocycles. The molecular formula is C18H21Cl2N3O2. The summed E-state index contributed by atoms with van der Waals surface area (Å²) in [6, 6.07) is 5.42. The average Bonchev–Trinajstić information content (AvgIpc) is 3.03. The summed E-state index contributed by atoms with van der Waals surface area (Å²) in [5, 5.41) is 8.39. The molecule has 1 N–H and O–H groups in total. The van der Waals surface area contributed by atoms with Crippen LogP contribution in [0.3, 0.4) is 0 Å². The molecule has 0 bridgehead atoms. The van der Waals surface area contributed by atoms with Crippen LogP contribution < -0.4 is 0 Å². The Balaban J connectivity index is 1.74. The molecule has 1 aliphatic rings. The molecule has 0 saturated carbocycles. The fourth-order valence-corrected chi connectivity index (χ4v) is 3.75. The molecule has 5 nitrogen and oxygen atoms in total. The first-order chi connectivity index (χ1) is 12.1. The number of hydrogen-bond acceptors (Lipinski definition) is 4. The summed E-state index contributed by atoms with van der Waals surface area (Å²) in [5.41, 5.74) is 2.81. The van der Waals surface area contributed by atoms with Crippen LogP contribution in [0.1, 0.15) is 25.3 Å². The summed E-state index contributed by atoms with van der Waals surface area (Å²) in [6.45, 7) is 4.63. The number of esters is 1. The van der Waals surface area contributed by atoms with E-state index in [0.29, 0.717) is 29.7 Å². The predicted molar refractivity (Wildman–Crippen MR) is 98.7 cm³/mol. The molecule has 1 aliphatic heterocycles. The lowest BCUT2D eigenvalue weighted by Gasteiger charge is -2.31. The summed E-state index contributed by atoms with van der Waals surface area (Å²) < 4.78 is 5.17. The second kappa shape index (κ2) is 8.21. The maximum Gasteiger partial charge on any atom is 0.310 e. The minimum Gasteiger partial charge on any atom is -0.466 e. The van der Waals surface area contributed by atoms with Crippen molar-refractivity contribution in [1.29, 1.82) is 0 Å². The van der Waals surface area contributed by atoms with Crippen molar-refractivity contribution in [3.05, 3.63) is 40.0 Å². The fraction of sp³-hybridized carbons (Fsp3) is 0.444. The number of carbonyl (C=O) groups excluding carboxylic acids is 1. The van der Waals surface area contributed by atoms with Crippen LogP contribution in [0.4, 0.5) is 0 Å². The van der Waals surface area contributed by atoms with E-state index in [1.807, 2.05) is 25.3 Å². The molecule has 1 atom stereocenters. The molecule has 134 valence electrons. The first-order valence-corrected chi connectivity index (χ1v) is 9.20. The molecule has 7 heteroatoms. The molecular weight excluding hydrogens is 361 g/mol. The van der Waals surface area contributed by atoms with Gasteiger partial charge in [0.1, 0.15) is 0 Å². The van der Waals surface area contributed by atoms with E-state index in [4.69, 9.17) is 27.9 Å². The van der Waals surface area contributed by atoms with Gasteiger partial charge in [0.15, 0.2) is 0 Å². The molecule has 3 rings (SSSR count). The van der Waals surface area contributed by atoms with Gasteiger partial charge in [-0.2, -0.15) is 5.10 Å². The van der Waals surface area contributed by atoms with Crippen LogP contribution in [0.15, 0.2) is 24.4 Å². The predicted octanol–water partition coefficient (Wildman–Crippen LogP) is 4.16. The lowest BCUT2D eigenvalue weighted by molar-refractivity contribution is -0.150. The molecule has 1 aromatic heterocycles. The Bertz CT molecular complexity index is 748. The number of halogens is 2. The molecule has 2 aromatic rings. The number of likely N-dealkylation sites (tertiary alicyclic amines) is 1. The maximum atomic E-state index is 12.0. The number of nitrogens with one attached hydrogen (secondary N) is 1. The smallest absolute Gasteiger partial charge is 0.310 e. The average molecular weight is 382 g/mol. The van der Waals surface area contributed by atoms with E-state index in [1.54, 1.807) is 6.07 Å². The highest BCUT2D eigenvalue weighted by molar-refractivity contribution is 6.36. The lowest BCUT2D eigenvalue weighted by Crippen LogP contribution is -2.38. The van der Waals surface area contributed by atoms with Gasteiger partial charge >= 0.3 is 5.97 Å². The van der Waals surface area contributed by atoms with Gasteiger partial charge in [-0.1, -0.05) is 23.2 Å². The van der Waals surface area contributed by atoms with Gasteiger partial charge in [-0.05, 0) is 44.5 Å². The SMILES string of the molecule is CCOC(=O)[C@H]1CCCN(Cc2cn[nH]c2-c2ccc(Cl)cc2Cl)C1. The summed E-state index contributed by atoms with van der Waals surface area (Å²) in [7, 11) is 0. The zero-order valence-corrected chi connectivity index (χ0v) is 15.6. The Kier molecular flexibility index (Phi) is 5.99. The van der Waals surface area contributed by atoms with E-state index in [0.717, 1.165) is 36.2 Å². The Morgan fingerprint density at radius 2 is 2.28 bits per heavy atom. The molecule has 0 radical (unpaired) electrons. The van der Waals surface area contributed by atoms with Crippen LogP contribution in [0, 0.1) is 5.92 Å². The Hall–Kier alpha value is -1.56. The van der Waals surface area contributed by atoms with Crippen molar-refractivity contribution in [2.45, 2.75) is 26.3 Å². The number of benzene rings is 1. The van der Waals surface area contributed by atoms with Crippen molar-refractivity contribution in [2.75, 3.05) is 19.7 Å². The van der Waals surface area contributed by atoms with Crippen molar-refractivity contribution >= 4 is 29.2 Å². The van der Waals surface area contributed by atoms with Gasteiger partial charge in [-0.15, -0.1) is 0 Å². The number of aromatic nitrogens is 2. The highest BCUT2D eigenvalue weighted by Crippen LogP contribution is 2.32. The molecule has 0 spiro atoms. The van der Waals surface area contributed by atoms with Crippen molar-refractivity contribution < 1.29 is 9.53 Å². The Morgan fingerprint density at radius 3 is 3.04 bits per heavy atom. The van der Waals surface area contributed by atoms with Crippen LogP contribution in [-0.4, -0.2) is 40.8 Å². The van der Waals surface area contributed by atoms with Gasteiger partial charge in [0.2, 0.25) is 0 Å². The summed E-state index contributed by atoms with van der Waals surface area (Å²) in [5.74, 6) is -0.150. The molecule has 25 heavy (non-hydrogen) atoms. The molecule has 1 fully saturated rings. The normalized spacial score (nSPS) is 18.3. The Labute approximate surface area is 157 Å². The topological polar surface area (TPSA) is 58.2 Å². The van der Waals surface area contributed by atoms with Gasteiger partial charge < -0.3 is 4.74 Å². The second-order valence-corrected chi connectivity index (χ2v) is 7.06. The van der Waals surface area contributed by atoms with Crippen molar-refractivity contribution in [3.8, 4) is 11.3 Å². The number of piperidine rings is 1. The van der Waals surface area contributed by atoms with Gasteiger partial charge in [-0.25, -0.2) is 0 Å². The van der Waals surface area contributed by atoms with Crippen molar-refractivity contribution in [1.82, 2.24) is 15.1 Å². The summed E-state index contributed by atoms with van der Waals surface area (Å²) in [4.78, 5) is 14.3. The third-order valence-corrected chi connectivity index (χ3v) is 4.99. The number of rotatable bonds is 5. The molecule has 1 saturated heterocycles. The highest BCUT2D eigenvalue weighted by atomic mass is 35.5. The monoisotopic (exact) mass is 381 g/mol. The van der Waals surface area contributed by atoms with Crippen LogP contribution >= 0.6 is 23.2 Å². The van der Waals surface area contributed by atoms with Crippen LogP contribution in [0.5, 0.6) is 0 Å². The van der Waals surface area contributed by atoms with Gasteiger partial charge in [0.25, 0.3) is 0 Å². The zero-order chi connectivity index (χ0) is 17.8. The number of ether oxygens (including phenoxy) is 1. The van der Waals surface area contributed by atoms with E-state index in [2.05, 4.69) is 15.1 Å². The Morgan fingerprint density at radius 1 is 1.44 bits per heavy atom.